The van der Waals surface area contributed by atoms with E-state index in [1.807, 2.05) is 6.07 Å². The highest BCUT2D eigenvalue weighted by atomic mass is 32.2. The van der Waals surface area contributed by atoms with Crippen molar-refractivity contribution >= 4 is 27.6 Å². The highest BCUT2D eigenvalue weighted by Crippen LogP contribution is 2.24. The van der Waals surface area contributed by atoms with Crippen molar-refractivity contribution in [1.82, 2.24) is 20.2 Å². The van der Waals surface area contributed by atoms with E-state index in [-0.39, 0.29) is 11.7 Å². The smallest absolute Gasteiger partial charge is 0.251 e. The van der Waals surface area contributed by atoms with Crippen LogP contribution in [0.1, 0.15) is 16.8 Å². The molecule has 10 heteroatoms. The van der Waals surface area contributed by atoms with Gasteiger partial charge in [-0.2, -0.15) is 0 Å². The highest BCUT2D eigenvalue weighted by Gasteiger charge is 2.28. The van der Waals surface area contributed by atoms with Crippen LogP contribution in [0, 0.1) is 0 Å². The highest BCUT2D eigenvalue weighted by molar-refractivity contribution is 7.93. The molecule has 3 heterocycles. The van der Waals surface area contributed by atoms with Gasteiger partial charge in [0.2, 0.25) is 16.0 Å². The van der Waals surface area contributed by atoms with Crippen molar-refractivity contribution in [2.24, 2.45) is 0 Å². The Bertz CT molecular complexity index is 960. The van der Waals surface area contributed by atoms with Crippen LogP contribution in [-0.2, 0) is 10.0 Å². The van der Waals surface area contributed by atoms with Gasteiger partial charge in [0.05, 0.1) is 11.4 Å². The summed E-state index contributed by atoms with van der Waals surface area (Å²) < 4.78 is 25.4. The molecule has 1 N–H and O–H groups in total. The standard InChI is InChI=1S/C20H26N6O3S/c27-19(17-3-5-18(6-4-17)26-10-2-16-30(26,28)29)21-9-11-24-12-14-25(15-13-24)20-22-7-1-8-23-20/h1,3-8H,2,9-16H2,(H,21,27). The number of sulfonamides is 1. The number of nitrogens with zero attached hydrogens (tertiary/aromatic N) is 5. The SMILES string of the molecule is O=C(NCCN1CCN(c2ncccn2)CC1)c1ccc(N2CCCS2(=O)=O)cc1. The summed E-state index contributed by atoms with van der Waals surface area (Å²) in [5, 5.41) is 2.94. The third-order valence-corrected chi connectivity index (χ3v) is 7.31. The second-order valence-electron chi connectivity index (χ2n) is 7.42. The van der Waals surface area contributed by atoms with E-state index in [4.69, 9.17) is 0 Å². The van der Waals surface area contributed by atoms with Gasteiger partial charge in [-0.15, -0.1) is 0 Å². The quantitative estimate of drug-likeness (QED) is 0.715. The van der Waals surface area contributed by atoms with Crippen LogP contribution in [0.2, 0.25) is 0 Å². The molecule has 30 heavy (non-hydrogen) atoms. The van der Waals surface area contributed by atoms with Gasteiger partial charge < -0.3 is 10.2 Å². The number of carbonyl (C=O) groups excluding carboxylic acids is 1. The summed E-state index contributed by atoms with van der Waals surface area (Å²) in [6.45, 7) is 5.34. The molecule has 160 valence electrons. The minimum Gasteiger partial charge on any atom is -0.351 e. The number of carbonyl (C=O) groups is 1. The predicted molar refractivity (Wildman–Crippen MR) is 115 cm³/mol. The Balaban J connectivity index is 1.22. The Morgan fingerprint density at radius 1 is 1.00 bits per heavy atom. The second kappa shape index (κ2) is 8.97. The molecule has 2 aromatic rings. The molecule has 0 unspecified atom stereocenters. The largest absolute Gasteiger partial charge is 0.351 e. The van der Waals surface area contributed by atoms with E-state index in [9.17, 15) is 13.2 Å². The van der Waals surface area contributed by atoms with E-state index in [0.717, 1.165) is 38.7 Å². The lowest BCUT2D eigenvalue weighted by molar-refractivity contribution is 0.0948. The fourth-order valence-corrected chi connectivity index (χ4v) is 5.33. The number of benzene rings is 1. The average molecular weight is 431 g/mol. The van der Waals surface area contributed by atoms with E-state index < -0.39 is 10.0 Å². The summed E-state index contributed by atoms with van der Waals surface area (Å²) in [4.78, 5) is 25.4. The minimum atomic E-state index is -3.21. The molecule has 0 aliphatic carbocycles. The van der Waals surface area contributed by atoms with Gasteiger partial charge in [0, 0.05) is 63.8 Å². The molecule has 4 rings (SSSR count). The van der Waals surface area contributed by atoms with Gasteiger partial charge in [-0.25, -0.2) is 18.4 Å². The van der Waals surface area contributed by atoms with E-state index in [0.29, 0.717) is 30.8 Å². The number of piperazine rings is 1. The first-order valence-corrected chi connectivity index (χ1v) is 11.8. The maximum Gasteiger partial charge on any atom is 0.251 e. The van der Waals surface area contributed by atoms with Gasteiger partial charge in [0.1, 0.15) is 0 Å². The van der Waals surface area contributed by atoms with Crippen LogP contribution in [0.25, 0.3) is 0 Å². The first kappa shape index (κ1) is 20.5. The number of hydrogen-bond donors (Lipinski definition) is 1. The van der Waals surface area contributed by atoms with Crippen LogP contribution in [0.5, 0.6) is 0 Å². The van der Waals surface area contributed by atoms with E-state index in [1.165, 1.54) is 4.31 Å². The lowest BCUT2D eigenvalue weighted by atomic mass is 10.2. The maximum absolute atomic E-state index is 12.4. The molecule has 0 radical (unpaired) electrons. The summed E-state index contributed by atoms with van der Waals surface area (Å²) in [5.41, 5.74) is 1.14. The molecule has 1 aromatic heterocycles. The molecule has 1 amide bonds. The van der Waals surface area contributed by atoms with Gasteiger partial charge in [0.25, 0.3) is 5.91 Å². The molecule has 0 bridgehead atoms. The predicted octanol–water partition coefficient (Wildman–Crippen LogP) is 0.569. The Morgan fingerprint density at radius 3 is 2.33 bits per heavy atom. The first-order valence-electron chi connectivity index (χ1n) is 10.2. The lowest BCUT2D eigenvalue weighted by Gasteiger charge is -2.34. The summed E-state index contributed by atoms with van der Waals surface area (Å²) in [7, 11) is -3.21. The molecule has 1 aromatic carbocycles. The van der Waals surface area contributed by atoms with Gasteiger partial charge in [-0.1, -0.05) is 0 Å². The van der Waals surface area contributed by atoms with Crippen molar-refractivity contribution < 1.29 is 13.2 Å². The Labute approximate surface area is 176 Å². The zero-order chi connectivity index (χ0) is 21.0. The molecule has 0 saturated carbocycles. The van der Waals surface area contributed by atoms with Crippen molar-refractivity contribution in [1.29, 1.82) is 0 Å². The molecular formula is C20H26N6O3S. The maximum atomic E-state index is 12.4. The van der Waals surface area contributed by atoms with E-state index >= 15 is 0 Å². The van der Waals surface area contributed by atoms with Crippen molar-refractivity contribution in [2.75, 3.05) is 60.8 Å². The third kappa shape index (κ3) is 4.71. The number of aromatic nitrogens is 2. The molecule has 0 spiro atoms. The molecule has 0 atom stereocenters. The topological polar surface area (TPSA) is 98.7 Å². The number of rotatable bonds is 6. The number of hydrogen-bond acceptors (Lipinski definition) is 7. The van der Waals surface area contributed by atoms with Crippen LogP contribution in [0.3, 0.4) is 0 Å². The van der Waals surface area contributed by atoms with Gasteiger partial charge in [-0.05, 0) is 36.8 Å². The average Bonchev–Trinajstić information content (AvgIpc) is 3.14. The van der Waals surface area contributed by atoms with E-state index in [1.54, 1.807) is 36.7 Å². The Kier molecular flexibility index (Phi) is 6.14. The summed E-state index contributed by atoms with van der Waals surface area (Å²) >= 11 is 0. The van der Waals surface area contributed by atoms with Crippen LogP contribution in [0.4, 0.5) is 11.6 Å². The van der Waals surface area contributed by atoms with Crippen molar-refractivity contribution in [3.05, 3.63) is 48.3 Å². The van der Waals surface area contributed by atoms with Crippen molar-refractivity contribution in [2.45, 2.75) is 6.42 Å². The number of amides is 1. The molecule has 2 aliphatic rings. The molecule has 2 aliphatic heterocycles. The third-order valence-electron chi connectivity index (χ3n) is 5.44. The molecule has 9 nitrogen and oxygen atoms in total. The Morgan fingerprint density at radius 2 is 1.70 bits per heavy atom. The fraction of sp³-hybridized carbons (Fsp3) is 0.450. The second-order valence-corrected chi connectivity index (χ2v) is 9.43. The van der Waals surface area contributed by atoms with Gasteiger partial charge >= 0.3 is 0 Å². The Hall–Kier alpha value is -2.72. The molecule has 2 saturated heterocycles. The molecular weight excluding hydrogens is 404 g/mol. The van der Waals surface area contributed by atoms with Crippen LogP contribution in [-0.4, -0.2) is 80.8 Å². The number of anilines is 2. The zero-order valence-electron chi connectivity index (χ0n) is 16.8. The van der Waals surface area contributed by atoms with Gasteiger partial charge in [-0.3, -0.25) is 14.0 Å². The monoisotopic (exact) mass is 430 g/mol. The fourth-order valence-electron chi connectivity index (χ4n) is 3.76. The first-order chi connectivity index (χ1) is 14.5. The van der Waals surface area contributed by atoms with Crippen LogP contribution in [0.15, 0.2) is 42.7 Å². The zero-order valence-corrected chi connectivity index (χ0v) is 17.6. The summed E-state index contributed by atoms with van der Waals surface area (Å²) in [5.74, 6) is 0.791. The normalized spacial score (nSPS) is 19.1. The lowest BCUT2D eigenvalue weighted by Crippen LogP contribution is -2.49. The van der Waals surface area contributed by atoms with Crippen LogP contribution < -0.4 is 14.5 Å². The van der Waals surface area contributed by atoms with Gasteiger partial charge in [0.15, 0.2) is 0 Å². The number of nitrogens with one attached hydrogen (secondary N) is 1. The summed E-state index contributed by atoms with van der Waals surface area (Å²) in [6, 6.07) is 8.56. The summed E-state index contributed by atoms with van der Waals surface area (Å²) in [6.07, 6.45) is 4.14. The van der Waals surface area contributed by atoms with Crippen LogP contribution >= 0.6 is 0 Å². The van der Waals surface area contributed by atoms with E-state index in [2.05, 4.69) is 25.1 Å². The minimum absolute atomic E-state index is 0.151. The molecule has 2 fully saturated rings. The van der Waals surface area contributed by atoms with Crippen molar-refractivity contribution in [3.8, 4) is 0 Å². The van der Waals surface area contributed by atoms with Crippen molar-refractivity contribution in [3.63, 3.8) is 0 Å².